The zero-order valence-electron chi connectivity index (χ0n) is 14.5. The number of rotatable bonds is 6. The van der Waals surface area contributed by atoms with Crippen LogP contribution in [0.5, 0.6) is 0 Å². The standard InChI is InChI=1S/C20H23N3O2.ClH/c21-19(24)17-12-23(13-18(17)20(22)25)11-16(14-7-3-1-4-8-14)15-9-5-2-6-10-15;/h1-10,16-18H,11-13H2,(H2,21,24)(H2,22,25);1H. The van der Waals surface area contributed by atoms with E-state index in [1.807, 2.05) is 36.4 Å². The van der Waals surface area contributed by atoms with Crippen molar-refractivity contribution in [2.75, 3.05) is 19.6 Å². The van der Waals surface area contributed by atoms with Gasteiger partial charge in [0.15, 0.2) is 0 Å². The van der Waals surface area contributed by atoms with Crippen LogP contribution in [0.4, 0.5) is 0 Å². The maximum Gasteiger partial charge on any atom is 0.222 e. The fourth-order valence-corrected chi connectivity index (χ4v) is 3.64. The van der Waals surface area contributed by atoms with E-state index in [1.165, 1.54) is 11.1 Å². The maximum absolute atomic E-state index is 11.7. The van der Waals surface area contributed by atoms with Crippen LogP contribution in [0.25, 0.3) is 0 Å². The zero-order chi connectivity index (χ0) is 17.8. The van der Waals surface area contributed by atoms with Crippen molar-refractivity contribution in [3.8, 4) is 0 Å². The molecule has 138 valence electrons. The van der Waals surface area contributed by atoms with E-state index in [0.29, 0.717) is 19.6 Å². The number of halogens is 1. The van der Waals surface area contributed by atoms with Gasteiger partial charge in [0.1, 0.15) is 0 Å². The Hall–Kier alpha value is -2.37. The molecule has 26 heavy (non-hydrogen) atoms. The zero-order valence-corrected chi connectivity index (χ0v) is 15.3. The van der Waals surface area contributed by atoms with Crippen molar-refractivity contribution in [1.29, 1.82) is 0 Å². The molecule has 0 bridgehead atoms. The molecule has 5 nitrogen and oxygen atoms in total. The van der Waals surface area contributed by atoms with Gasteiger partial charge in [0.25, 0.3) is 0 Å². The highest BCUT2D eigenvalue weighted by Crippen LogP contribution is 2.30. The van der Waals surface area contributed by atoms with E-state index in [9.17, 15) is 9.59 Å². The number of nitrogens with zero attached hydrogens (tertiary/aromatic N) is 1. The molecule has 2 aromatic carbocycles. The SMILES string of the molecule is Cl.NC(=O)C1CN(CC(c2ccccc2)c2ccccc2)CC1C(N)=O. The Morgan fingerprint density at radius 3 is 1.58 bits per heavy atom. The minimum Gasteiger partial charge on any atom is -0.369 e. The van der Waals surface area contributed by atoms with Crippen LogP contribution in [0.2, 0.25) is 0 Å². The van der Waals surface area contributed by atoms with Crippen LogP contribution < -0.4 is 11.5 Å². The molecule has 2 amide bonds. The van der Waals surface area contributed by atoms with E-state index in [2.05, 4.69) is 29.2 Å². The molecule has 0 saturated carbocycles. The molecule has 2 aromatic rings. The molecule has 1 heterocycles. The van der Waals surface area contributed by atoms with Crippen LogP contribution in [0.1, 0.15) is 17.0 Å². The van der Waals surface area contributed by atoms with Crippen LogP contribution in [-0.4, -0.2) is 36.3 Å². The molecular weight excluding hydrogens is 350 g/mol. The van der Waals surface area contributed by atoms with Gasteiger partial charge >= 0.3 is 0 Å². The van der Waals surface area contributed by atoms with E-state index in [0.717, 1.165) is 0 Å². The first kappa shape index (κ1) is 19.9. The summed E-state index contributed by atoms with van der Waals surface area (Å²) in [5, 5.41) is 0. The van der Waals surface area contributed by atoms with Gasteiger partial charge in [-0.2, -0.15) is 0 Å². The van der Waals surface area contributed by atoms with Gasteiger partial charge in [-0.15, -0.1) is 12.4 Å². The first-order valence-corrected chi connectivity index (χ1v) is 8.47. The van der Waals surface area contributed by atoms with Gasteiger partial charge in [-0.1, -0.05) is 60.7 Å². The number of carbonyl (C=O) groups excluding carboxylic acids is 2. The monoisotopic (exact) mass is 373 g/mol. The minimum absolute atomic E-state index is 0. The second kappa shape index (κ2) is 8.83. The van der Waals surface area contributed by atoms with Gasteiger partial charge < -0.3 is 16.4 Å². The molecule has 4 N–H and O–H groups in total. The lowest BCUT2D eigenvalue weighted by molar-refractivity contribution is -0.129. The summed E-state index contributed by atoms with van der Waals surface area (Å²) >= 11 is 0. The van der Waals surface area contributed by atoms with E-state index >= 15 is 0 Å². The molecule has 3 rings (SSSR count). The number of hydrogen-bond acceptors (Lipinski definition) is 3. The van der Waals surface area contributed by atoms with Crippen LogP contribution in [-0.2, 0) is 9.59 Å². The topological polar surface area (TPSA) is 89.4 Å². The Balaban J connectivity index is 0.00000243. The number of benzene rings is 2. The number of hydrogen-bond donors (Lipinski definition) is 2. The molecule has 0 aliphatic carbocycles. The highest BCUT2D eigenvalue weighted by atomic mass is 35.5. The van der Waals surface area contributed by atoms with Crippen molar-refractivity contribution >= 4 is 24.2 Å². The first-order chi connectivity index (χ1) is 12.1. The molecule has 0 radical (unpaired) electrons. The van der Waals surface area contributed by atoms with Gasteiger partial charge in [-0.25, -0.2) is 0 Å². The van der Waals surface area contributed by atoms with E-state index in [1.54, 1.807) is 0 Å². The van der Waals surface area contributed by atoms with Crippen molar-refractivity contribution in [2.45, 2.75) is 5.92 Å². The summed E-state index contributed by atoms with van der Waals surface area (Å²) in [6.45, 7) is 1.65. The van der Waals surface area contributed by atoms with Crippen molar-refractivity contribution < 1.29 is 9.59 Å². The molecule has 1 aliphatic rings. The summed E-state index contributed by atoms with van der Waals surface area (Å²) in [5.41, 5.74) is 13.3. The van der Waals surface area contributed by atoms with Gasteiger partial charge in [0, 0.05) is 25.6 Å². The lowest BCUT2D eigenvalue weighted by Crippen LogP contribution is -2.36. The highest BCUT2D eigenvalue weighted by Gasteiger charge is 2.40. The third-order valence-electron chi connectivity index (χ3n) is 4.97. The lowest BCUT2D eigenvalue weighted by atomic mass is 9.91. The van der Waals surface area contributed by atoms with Crippen LogP contribution >= 0.6 is 12.4 Å². The molecule has 0 aromatic heterocycles. The van der Waals surface area contributed by atoms with E-state index in [4.69, 9.17) is 11.5 Å². The third-order valence-corrected chi connectivity index (χ3v) is 4.97. The second-order valence-electron chi connectivity index (χ2n) is 6.61. The Morgan fingerprint density at radius 1 is 0.846 bits per heavy atom. The molecule has 0 spiro atoms. The fraction of sp³-hybridized carbons (Fsp3) is 0.300. The number of carbonyl (C=O) groups is 2. The summed E-state index contributed by atoms with van der Waals surface area (Å²) in [7, 11) is 0. The molecule has 2 unspecified atom stereocenters. The van der Waals surface area contributed by atoms with Crippen LogP contribution in [0.3, 0.4) is 0 Å². The van der Waals surface area contributed by atoms with Crippen molar-refractivity contribution in [2.24, 2.45) is 23.3 Å². The largest absolute Gasteiger partial charge is 0.369 e. The van der Waals surface area contributed by atoms with Gasteiger partial charge in [-0.3, -0.25) is 9.59 Å². The summed E-state index contributed by atoms with van der Waals surface area (Å²) in [6.07, 6.45) is 0. The normalized spacial score (nSPS) is 19.9. The van der Waals surface area contributed by atoms with Gasteiger partial charge in [0.05, 0.1) is 11.8 Å². The van der Waals surface area contributed by atoms with Gasteiger partial charge in [0.2, 0.25) is 11.8 Å². The Bertz CT molecular complexity index is 678. The maximum atomic E-state index is 11.7. The number of nitrogens with two attached hydrogens (primary N) is 2. The Morgan fingerprint density at radius 2 is 1.23 bits per heavy atom. The third kappa shape index (κ3) is 4.42. The predicted molar refractivity (Wildman–Crippen MR) is 104 cm³/mol. The summed E-state index contributed by atoms with van der Waals surface area (Å²) in [5.74, 6) is -1.78. The van der Waals surface area contributed by atoms with Gasteiger partial charge in [-0.05, 0) is 11.1 Å². The smallest absolute Gasteiger partial charge is 0.222 e. The van der Waals surface area contributed by atoms with Crippen LogP contribution in [0, 0.1) is 11.8 Å². The van der Waals surface area contributed by atoms with E-state index in [-0.39, 0.29) is 18.3 Å². The predicted octanol–water partition coefficient (Wildman–Crippen LogP) is 1.76. The summed E-state index contributed by atoms with van der Waals surface area (Å²) in [4.78, 5) is 25.5. The minimum atomic E-state index is -0.510. The van der Waals surface area contributed by atoms with E-state index < -0.39 is 23.7 Å². The fourth-order valence-electron chi connectivity index (χ4n) is 3.64. The molecule has 1 aliphatic heterocycles. The first-order valence-electron chi connectivity index (χ1n) is 8.47. The molecule has 2 atom stereocenters. The number of likely N-dealkylation sites (tertiary alicyclic amines) is 1. The molecular formula is C20H24ClN3O2. The molecule has 6 heteroatoms. The van der Waals surface area contributed by atoms with Crippen molar-refractivity contribution in [3.63, 3.8) is 0 Å². The Kier molecular flexibility index (Phi) is 6.77. The summed E-state index contributed by atoms with van der Waals surface area (Å²) in [6, 6.07) is 20.5. The highest BCUT2D eigenvalue weighted by molar-refractivity contribution is 5.87. The average molecular weight is 374 g/mol. The molecule has 1 fully saturated rings. The number of primary amides is 2. The van der Waals surface area contributed by atoms with Crippen molar-refractivity contribution in [3.05, 3.63) is 71.8 Å². The molecule has 1 saturated heterocycles. The second-order valence-corrected chi connectivity index (χ2v) is 6.61. The van der Waals surface area contributed by atoms with Crippen molar-refractivity contribution in [1.82, 2.24) is 4.90 Å². The average Bonchev–Trinajstić information content (AvgIpc) is 3.06. The van der Waals surface area contributed by atoms with Crippen LogP contribution in [0.15, 0.2) is 60.7 Å². The quantitative estimate of drug-likeness (QED) is 0.808. The lowest BCUT2D eigenvalue weighted by Gasteiger charge is -2.24. The Labute approximate surface area is 159 Å². The summed E-state index contributed by atoms with van der Waals surface area (Å²) < 4.78 is 0. The number of amides is 2.